The lowest BCUT2D eigenvalue weighted by atomic mass is 9.87. The zero-order chi connectivity index (χ0) is 18.3. The summed E-state index contributed by atoms with van der Waals surface area (Å²) in [4.78, 5) is 23.0. The lowest BCUT2D eigenvalue weighted by molar-refractivity contribution is -0.137. The van der Waals surface area contributed by atoms with Gasteiger partial charge in [0.2, 0.25) is 0 Å². The van der Waals surface area contributed by atoms with Gasteiger partial charge in [-0.3, -0.25) is 9.59 Å². The molecule has 0 amide bonds. The molecule has 0 aliphatic heterocycles. The van der Waals surface area contributed by atoms with E-state index in [1.807, 2.05) is 60.7 Å². The average Bonchev–Trinajstić information content (AvgIpc) is 2.62. The van der Waals surface area contributed by atoms with Crippen LogP contribution in [0.4, 0.5) is 0 Å². The molecule has 0 heterocycles. The van der Waals surface area contributed by atoms with Gasteiger partial charge in [-0.05, 0) is 55.6 Å². The first-order valence-electron chi connectivity index (χ1n) is 8.33. The van der Waals surface area contributed by atoms with Crippen molar-refractivity contribution in [3.63, 3.8) is 0 Å². The lowest BCUT2D eigenvalue weighted by Gasteiger charge is -2.16. The second-order valence-electron chi connectivity index (χ2n) is 6.39. The lowest BCUT2D eigenvalue weighted by Crippen LogP contribution is -2.06. The van der Waals surface area contributed by atoms with Crippen molar-refractivity contribution < 1.29 is 19.8 Å². The smallest absolute Gasteiger partial charge is 0.307 e. The van der Waals surface area contributed by atoms with Gasteiger partial charge in [-0.2, -0.15) is 0 Å². The van der Waals surface area contributed by atoms with E-state index in [4.69, 9.17) is 0 Å². The molecule has 0 bridgehead atoms. The molecule has 0 unspecified atom stereocenters. The van der Waals surface area contributed by atoms with E-state index in [0.29, 0.717) is 0 Å². The Labute approximate surface area is 149 Å². The molecule has 0 saturated heterocycles. The van der Waals surface area contributed by atoms with Crippen molar-refractivity contribution in [3.05, 3.63) is 71.8 Å². The van der Waals surface area contributed by atoms with Crippen LogP contribution in [-0.2, 0) is 22.4 Å². The molecule has 128 valence electrons. The van der Waals surface area contributed by atoms with Crippen LogP contribution in [0.3, 0.4) is 0 Å². The highest BCUT2D eigenvalue weighted by molar-refractivity contribution is 6.12. The van der Waals surface area contributed by atoms with E-state index < -0.39 is 11.9 Å². The molecule has 0 aliphatic rings. The molecule has 4 nitrogen and oxygen atoms in total. The maximum absolute atomic E-state index is 11.5. The van der Waals surface area contributed by atoms with E-state index in [1.54, 1.807) is 0 Å². The SMILES string of the molecule is O=C(O)Cc1c2ccccc2c(CC(=O)O)c2cc3ccccc3cc12. The topological polar surface area (TPSA) is 74.6 Å². The third-order valence-corrected chi connectivity index (χ3v) is 4.77. The van der Waals surface area contributed by atoms with Gasteiger partial charge < -0.3 is 10.2 Å². The summed E-state index contributed by atoms with van der Waals surface area (Å²) in [5.41, 5.74) is 1.45. The highest BCUT2D eigenvalue weighted by atomic mass is 16.4. The van der Waals surface area contributed by atoms with Crippen molar-refractivity contribution in [2.45, 2.75) is 12.8 Å². The fraction of sp³-hybridized carbons (Fsp3) is 0.0909. The van der Waals surface area contributed by atoms with Crippen LogP contribution in [0.2, 0.25) is 0 Å². The molecular weight excluding hydrogens is 328 g/mol. The molecule has 0 atom stereocenters. The molecule has 0 radical (unpaired) electrons. The standard InChI is InChI=1S/C22H16O4/c23-21(24)11-19-15-7-3-4-8-16(15)20(12-22(25)26)18-10-14-6-2-1-5-13(14)9-17(18)19/h1-10H,11-12H2,(H,23,24)(H,25,26). The summed E-state index contributed by atoms with van der Waals surface area (Å²) in [5, 5.41) is 24.1. The second kappa shape index (κ2) is 6.15. The Morgan fingerprint density at radius 2 is 1.00 bits per heavy atom. The molecule has 0 saturated carbocycles. The molecule has 26 heavy (non-hydrogen) atoms. The number of fused-ring (bicyclic) bond motifs is 3. The Bertz CT molecular complexity index is 1100. The van der Waals surface area contributed by atoms with Crippen LogP contribution in [-0.4, -0.2) is 22.2 Å². The zero-order valence-electron chi connectivity index (χ0n) is 13.9. The first-order chi connectivity index (χ1) is 12.5. The normalized spacial score (nSPS) is 11.2. The van der Waals surface area contributed by atoms with Gasteiger partial charge in [-0.25, -0.2) is 0 Å². The van der Waals surface area contributed by atoms with Gasteiger partial charge in [0.25, 0.3) is 0 Å². The molecule has 4 aromatic carbocycles. The first kappa shape index (κ1) is 16.1. The molecule has 2 N–H and O–H groups in total. The monoisotopic (exact) mass is 344 g/mol. The summed E-state index contributed by atoms with van der Waals surface area (Å²) in [7, 11) is 0. The third kappa shape index (κ3) is 2.65. The summed E-state index contributed by atoms with van der Waals surface area (Å²) in [6, 6.07) is 19.2. The molecule has 0 aromatic heterocycles. The van der Waals surface area contributed by atoms with E-state index >= 15 is 0 Å². The summed E-state index contributed by atoms with van der Waals surface area (Å²) in [6.45, 7) is 0. The largest absolute Gasteiger partial charge is 0.481 e. The minimum Gasteiger partial charge on any atom is -0.481 e. The van der Waals surface area contributed by atoms with Crippen LogP contribution >= 0.6 is 0 Å². The van der Waals surface area contributed by atoms with Gasteiger partial charge in [0, 0.05) is 0 Å². The van der Waals surface area contributed by atoms with E-state index in [-0.39, 0.29) is 12.8 Å². The number of aliphatic carboxylic acids is 2. The maximum Gasteiger partial charge on any atom is 0.307 e. The van der Waals surface area contributed by atoms with Gasteiger partial charge in [-0.1, -0.05) is 48.5 Å². The first-order valence-corrected chi connectivity index (χ1v) is 8.33. The van der Waals surface area contributed by atoms with Crippen LogP contribution in [0.5, 0.6) is 0 Å². The quantitative estimate of drug-likeness (QED) is 0.538. The average molecular weight is 344 g/mol. The van der Waals surface area contributed by atoms with Crippen molar-refractivity contribution in [2.24, 2.45) is 0 Å². The van der Waals surface area contributed by atoms with Crippen molar-refractivity contribution in [1.82, 2.24) is 0 Å². The summed E-state index contributed by atoms with van der Waals surface area (Å²) in [5.74, 6) is -1.81. The number of hydrogen-bond acceptors (Lipinski definition) is 2. The molecule has 0 fully saturated rings. The van der Waals surface area contributed by atoms with Crippen LogP contribution in [0, 0.1) is 0 Å². The van der Waals surface area contributed by atoms with E-state index in [9.17, 15) is 19.8 Å². The Morgan fingerprint density at radius 1 is 0.615 bits per heavy atom. The van der Waals surface area contributed by atoms with Crippen molar-refractivity contribution >= 4 is 44.3 Å². The Kier molecular flexibility index (Phi) is 3.81. The Balaban J connectivity index is 2.23. The maximum atomic E-state index is 11.5. The van der Waals surface area contributed by atoms with Gasteiger partial charge >= 0.3 is 11.9 Å². The van der Waals surface area contributed by atoms with Crippen molar-refractivity contribution in [1.29, 1.82) is 0 Å². The van der Waals surface area contributed by atoms with Crippen LogP contribution in [0.1, 0.15) is 11.1 Å². The second-order valence-corrected chi connectivity index (χ2v) is 6.39. The van der Waals surface area contributed by atoms with E-state index in [2.05, 4.69) is 0 Å². The van der Waals surface area contributed by atoms with Crippen molar-refractivity contribution in [2.75, 3.05) is 0 Å². The predicted molar refractivity (Wildman–Crippen MR) is 102 cm³/mol. The molecule has 4 aromatic rings. The number of carboxylic acid groups (broad SMARTS) is 2. The minimum absolute atomic E-state index is 0.108. The summed E-state index contributed by atoms with van der Waals surface area (Å²) >= 11 is 0. The minimum atomic E-state index is -0.907. The molecule has 0 spiro atoms. The van der Waals surface area contributed by atoms with Gasteiger partial charge in [-0.15, -0.1) is 0 Å². The van der Waals surface area contributed by atoms with Gasteiger partial charge in [0.1, 0.15) is 0 Å². The zero-order valence-corrected chi connectivity index (χ0v) is 13.9. The number of hydrogen-bond donors (Lipinski definition) is 2. The number of carbonyl (C=O) groups is 2. The van der Waals surface area contributed by atoms with E-state index in [1.165, 1.54) is 0 Å². The van der Waals surface area contributed by atoms with E-state index in [0.717, 1.165) is 43.4 Å². The summed E-state index contributed by atoms with van der Waals surface area (Å²) in [6.07, 6.45) is -0.217. The van der Waals surface area contributed by atoms with Gasteiger partial charge in [0.15, 0.2) is 0 Å². The molecule has 0 aliphatic carbocycles. The fourth-order valence-electron chi connectivity index (χ4n) is 3.72. The van der Waals surface area contributed by atoms with Crippen LogP contribution < -0.4 is 0 Å². The Morgan fingerprint density at radius 3 is 1.38 bits per heavy atom. The molecular formula is C22H16O4. The number of benzene rings is 4. The van der Waals surface area contributed by atoms with Crippen LogP contribution in [0.15, 0.2) is 60.7 Å². The predicted octanol–water partition coefficient (Wildman–Crippen LogP) is 4.40. The van der Waals surface area contributed by atoms with Crippen LogP contribution in [0.25, 0.3) is 32.3 Å². The highest BCUT2D eigenvalue weighted by Gasteiger charge is 2.18. The van der Waals surface area contributed by atoms with Crippen molar-refractivity contribution in [3.8, 4) is 0 Å². The fourth-order valence-corrected chi connectivity index (χ4v) is 3.72. The molecule has 4 heteroatoms. The molecule has 4 rings (SSSR count). The summed E-state index contributed by atoms with van der Waals surface area (Å²) < 4.78 is 0. The number of carboxylic acids is 2. The highest BCUT2D eigenvalue weighted by Crippen LogP contribution is 2.36. The van der Waals surface area contributed by atoms with Gasteiger partial charge in [0.05, 0.1) is 12.8 Å². The third-order valence-electron chi connectivity index (χ3n) is 4.77. The number of rotatable bonds is 4. The Hall–Kier alpha value is -3.40.